The van der Waals surface area contributed by atoms with Gasteiger partial charge in [0.2, 0.25) is 9.47 Å². The quantitative estimate of drug-likeness (QED) is 0.617. The fraction of sp³-hybridized carbons (Fsp3) is 0.167. The van der Waals surface area contributed by atoms with Crippen molar-refractivity contribution in [2.24, 2.45) is 0 Å². The topological polar surface area (TPSA) is 101 Å². The van der Waals surface area contributed by atoms with E-state index >= 15 is 0 Å². The zero-order valence-electron chi connectivity index (χ0n) is 14.7. The van der Waals surface area contributed by atoms with Gasteiger partial charge in [0.05, 0.1) is 0 Å². The first kappa shape index (κ1) is 19.2. The number of carbonyl (C=O) groups is 1. The maximum Gasteiger partial charge on any atom is 0.270 e. The highest BCUT2D eigenvalue weighted by Gasteiger charge is 2.24. The van der Waals surface area contributed by atoms with E-state index in [1.54, 1.807) is 37.3 Å². The van der Waals surface area contributed by atoms with Crippen molar-refractivity contribution >= 4 is 32.4 Å². The van der Waals surface area contributed by atoms with Crippen molar-refractivity contribution in [3.05, 3.63) is 71.3 Å². The van der Waals surface area contributed by atoms with E-state index in [0.717, 1.165) is 22.5 Å². The van der Waals surface area contributed by atoms with Gasteiger partial charge in [-0.25, -0.2) is 13.1 Å². The van der Waals surface area contributed by atoms with Gasteiger partial charge in [0.1, 0.15) is 0 Å². The van der Waals surface area contributed by atoms with Crippen molar-refractivity contribution in [1.82, 2.24) is 14.9 Å². The number of amides is 1. The minimum Gasteiger partial charge on any atom is -0.296 e. The molecule has 3 aromatic rings. The van der Waals surface area contributed by atoms with Crippen LogP contribution in [-0.2, 0) is 10.0 Å². The van der Waals surface area contributed by atoms with Gasteiger partial charge in [0, 0.05) is 11.6 Å². The predicted molar refractivity (Wildman–Crippen MR) is 104 cm³/mol. The number of benzene rings is 2. The van der Waals surface area contributed by atoms with Gasteiger partial charge in [-0.2, -0.15) is 0 Å². The molecule has 0 saturated carbocycles. The Kier molecular flexibility index (Phi) is 5.64. The zero-order chi connectivity index (χ0) is 19.4. The third-order valence-corrected chi connectivity index (χ3v) is 6.63. The minimum atomic E-state index is -3.86. The molecule has 9 heteroatoms. The molecule has 0 fully saturated rings. The second-order valence-electron chi connectivity index (χ2n) is 5.89. The summed E-state index contributed by atoms with van der Waals surface area (Å²) in [5.41, 5.74) is 2.31. The van der Waals surface area contributed by atoms with Gasteiger partial charge in [-0.05, 0) is 37.1 Å². The highest BCUT2D eigenvalue weighted by Crippen LogP contribution is 2.24. The summed E-state index contributed by atoms with van der Waals surface area (Å²) in [5, 5.41) is 10.1. The molecule has 3 rings (SSSR count). The van der Waals surface area contributed by atoms with Crippen LogP contribution in [0.4, 0.5) is 5.13 Å². The van der Waals surface area contributed by atoms with Gasteiger partial charge in [-0.1, -0.05) is 53.8 Å². The third kappa shape index (κ3) is 4.57. The maximum atomic E-state index is 12.6. The van der Waals surface area contributed by atoms with Crippen LogP contribution in [0, 0.1) is 6.92 Å². The van der Waals surface area contributed by atoms with Crippen molar-refractivity contribution < 1.29 is 13.2 Å². The Morgan fingerprint density at radius 3 is 2.41 bits per heavy atom. The molecule has 0 radical (unpaired) electrons. The van der Waals surface area contributed by atoms with Crippen molar-refractivity contribution in [2.75, 3.05) is 5.32 Å². The Bertz CT molecular complexity index is 1050. The first-order valence-corrected chi connectivity index (χ1v) is 10.4. The van der Waals surface area contributed by atoms with Gasteiger partial charge >= 0.3 is 0 Å². The zero-order valence-corrected chi connectivity index (χ0v) is 16.3. The number of anilines is 1. The Hall–Kier alpha value is -2.62. The van der Waals surface area contributed by atoms with Crippen molar-refractivity contribution in [1.29, 1.82) is 0 Å². The predicted octanol–water partition coefficient (Wildman–Crippen LogP) is 3.14. The first-order chi connectivity index (χ1) is 12.9. The smallest absolute Gasteiger partial charge is 0.270 e. The molecule has 0 aliphatic carbocycles. The molecule has 0 aliphatic rings. The molecule has 1 amide bonds. The summed E-state index contributed by atoms with van der Waals surface area (Å²) in [4.78, 5) is 12.1. The van der Waals surface area contributed by atoms with Crippen LogP contribution in [0.15, 0.2) is 58.9 Å². The Morgan fingerprint density at radius 2 is 1.70 bits per heavy atom. The van der Waals surface area contributed by atoms with Crippen LogP contribution in [0.3, 0.4) is 0 Å². The highest BCUT2D eigenvalue weighted by molar-refractivity contribution is 7.91. The standard InChI is InChI=1S/C18H18N4O3S2/c1-12-8-6-7-11-15(12)13(2)22-27(24,25)18-21-20-17(26-18)19-16(23)14-9-4-3-5-10-14/h3-11,13,22H,1-2H3,(H,19,20,23)/t13-/m1/s1. The molecule has 1 aromatic heterocycles. The second-order valence-corrected chi connectivity index (χ2v) is 8.76. The van der Waals surface area contributed by atoms with E-state index in [9.17, 15) is 13.2 Å². The molecular weight excluding hydrogens is 384 g/mol. The maximum absolute atomic E-state index is 12.6. The van der Waals surface area contributed by atoms with Gasteiger partial charge in [-0.15, -0.1) is 10.2 Å². The van der Waals surface area contributed by atoms with E-state index in [4.69, 9.17) is 0 Å². The molecule has 0 bridgehead atoms. The van der Waals surface area contributed by atoms with Crippen molar-refractivity contribution in [3.8, 4) is 0 Å². The Morgan fingerprint density at radius 1 is 1.04 bits per heavy atom. The summed E-state index contributed by atoms with van der Waals surface area (Å²) in [5.74, 6) is -0.378. The molecule has 140 valence electrons. The van der Waals surface area contributed by atoms with Crippen molar-refractivity contribution in [3.63, 3.8) is 0 Å². The minimum absolute atomic E-state index is 0.118. The summed E-state index contributed by atoms with van der Waals surface area (Å²) < 4.78 is 27.6. The van der Waals surface area contributed by atoms with Gasteiger partial charge in [-0.3, -0.25) is 10.1 Å². The van der Waals surface area contributed by atoms with E-state index in [-0.39, 0.29) is 15.4 Å². The molecule has 0 saturated heterocycles. The number of hydrogen-bond acceptors (Lipinski definition) is 6. The normalized spacial score (nSPS) is 12.5. The van der Waals surface area contributed by atoms with Crippen LogP contribution in [-0.4, -0.2) is 24.5 Å². The molecular formula is C18H18N4O3S2. The lowest BCUT2D eigenvalue weighted by molar-refractivity contribution is 0.102. The van der Waals surface area contributed by atoms with E-state index in [0.29, 0.717) is 5.56 Å². The SMILES string of the molecule is Cc1ccccc1[C@@H](C)NS(=O)(=O)c1nnc(NC(=O)c2ccccc2)s1. The summed E-state index contributed by atoms with van der Waals surface area (Å²) in [6, 6.07) is 15.7. The molecule has 0 spiro atoms. The van der Waals surface area contributed by atoms with E-state index in [1.807, 2.05) is 31.2 Å². The van der Waals surface area contributed by atoms with Crippen LogP contribution in [0.1, 0.15) is 34.5 Å². The van der Waals surface area contributed by atoms with E-state index < -0.39 is 16.1 Å². The Balaban J connectivity index is 1.73. The van der Waals surface area contributed by atoms with Crippen LogP contribution in [0.5, 0.6) is 0 Å². The van der Waals surface area contributed by atoms with Crippen molar-refractivity contribution in [2.45, 2.75) is 24.2 Å². The summed E-state index contributed by atoms with van der Waals surface area (Å²) in [6.45, 7) is 3.68. The molecule has 27 heavy (non-hydrogen) atoms. The van der Waals surface area contributed by atoms with Gasteiger partial charge in [0.25, 0.3) is 15.9 Å². The largest absolute Gasteiger partial charge is 0.296 e. The molecule has 2 N–H and O–H groups in total. The lowest BCUT2D eigenvalue weighted by Gasteiger charge is -2.15. The number of aromatic nitrogens is 2. The van der Waals surface area contributed by atoms with Gasteiger partial charge in [0.15, 0.2) is 0 Å². The molecule has 7 nitrogen and oxygen atoms in total. The molecule has 1 atom stereocenters. The molecule has 1 heterocycles. The van der Waals surface area contributed by atoms with E-state index in [1.165, 1.54) is 0 Å². The molecule has 0 unspecified atom stereocenters. The monoisotopic (exact) mass is 402 g/mol. The summed E-state index contributed by atoms with van der Waals surface area (Å²) in [6.07, 6.45) is 0. The number of carbonyl (C=O) groups excluding carboxylic acids is 1. The molecule has 2 aromatic carbocycles. The van der Waals surface area contributed by atoms with E-state index in [2.05, 4.69) is 20.2 Å². The fourth-order valence-corrected chi connectivity index (χ4v) is 4.68. The van der Waals surface area contributed by atoms with Gasteiger partial charge < -0.3 is 0 Å². The number of nitrogens with one attached hydrogen (secondary N) is 2. The lowest BCUT2D eigenvalue weighted by Crippen LogP contribution is -2.27. The number of sulfonamides is 1. The summed E-state index contributed by atoms with van der Waals surface area (Å²) >= 11 is 0.800. The average Bonchev–Trinajstić information content (AvgIpc) is 3.12. The fourth-order valence-electron chi connectivity index (χ4n) is 2.55. The number of nitrogens with zero attached hydrogens (tertiary/aromatic N) is 2. The summed E-state index contributed by atoms with van der Waals surface area (Å²) in [7, 11) is -3.86. The van der Waals surface area contributed by atoms with Crippen LogP contribution < -0.4 is 10.0 Å². The first-order valence-electron chi connectivity index (χ1n) is 8.14. The lowest BCUT2D eigenvalue weighted by atomic mass is 10.0. The highest BCUT2D eigenvalue weighted by atomic mass is 32.2. The van der Waals surface area contributed by atoms with Crippen LogP contribution in [0.2, 0.25) is 0 Å². The number of hydrogen-bond donors (Lipinski definition) is 2. The third-order valence-electron chi connectivity index (χ3n) is 3.88. The van der Waals surface area contributed by atoms with Crippen LogP contribution in [0.25, 0.3) is 0 Å². The van der Waals surface area contributed by atoms with Crippen LogP contribution >= 0.6 is 11.3 Å². The number of aryl methyl sites for hydroxylation is 1. The molecule has 0 aliphatic heterocycles. The second kappa shape index (κ2) is 7.95. The number of rotatable bonds is 6. The Labute approximate surface area is 161 Å². The average molecular weight is 403 g/mol.